The average molecular weight is 513 g/mol. The molecule has 0 N–H and O–H groups in total. The van der Waals surface area contributed by atoms with Crippen LogP contribution in [0.15, 0.2) is 65.6 Å². The van der Waals surface area contributed by atoms with Crippen molar-refractivity contribution < 1.29 is 31.8 Å². The van der Waals surface area contributed by atoms with Gasteiger partial charge in [-0.3, -0.25) is 4.57 Å². The molecular formula is C26H19F4N3O4. The first-order chi connectivity index (χ1) is 17.7. The molecule has 2 aromatic carbocycles. The van der Waals surface area contributed by atoms with Crippen LogP contribution in [-0.2, 0) is 25.7 Å². The van der Waals surface area contributed by atoms with Crippen LogP contribution in [0.25, 0.3) is 11.3 Å². The lowest BCUT2D eigenvalue weighted by Gasteiger charge is -2.22. The highest BCUT2D eigenvalue weighted by atomic mass is 19.4. The largest absolute Gasteiger partial charge is 0.497 e. The zero-order valence-corrected chi connectivity index (χ0v) is 19.4. The predicted octanol–water partition coefficient (Wildman–Crippen LogP) is 5.40. The van der Waals surface area contributed by atoms with E-state index in [1.807, 2.05) is 18.2 Å². The maximum absolute atomic E-state index is 14.6. The lowest BCUT2D eigenvalue weighted by atomic mass is 9.97. The van der Waals surface area contributed by atoms with Crippen molar-refractivity contribution in [3.05, 3.63) is 93.8 Å². The number of halogens is 4. The summed E-state index contributed by atoms with van der Waals surface area (Å²) < 4.78 is 70.4. The molecule has 2 aromatic heterocycles. The van der Waals surface area contributed by atoms with Crippen molar-refractivity contribution >= 4 is 0 Å². The number of benzene rings is 2. The smallest absolute Gasteiger partial charge is 0.417 e. The summed E-state index contributed by atoms with van der Waals surface area (Å²) in [7, 11) is 1.59. The molecule has 11 heteroatoms. The lowest BCUT2D eigenvalue weighted by molar-refractivity contribution is -0.137. The van der Waals surface area contributed by atoms with Crippen LogP contribution in [0.2, 0.25) is 0 Å². The highest BCUT2D eigenvalue weighted by molar-refractivity contribution is 5.67. The van der Waals surface area contributed by atoms with Crippen LogP contribution in [0.1, 0.15) is 16.7 Å². The third-order valence-corrected chi connectivity index (χ3v) is 5.84. The molecule has 5 rings (SSSR count). The number of fused-ring (bicyclic) bond motifs is 3. The Bertz CT molecular complexity index is 1520. The first-order valence-electron chi connectivity index (χ1n) is 11.1. The highest BCUT2D eigenvalue weighted by Crippen LogP contribution is 2.33. The van der Waals surface area contributed by atoms with Gasteiger partial charge in [0, 0.05) is 30.4 Å². The second-order valence-electron chi connectivity index (χ2n) is 8.23. The molecule has 0 radical (unpaired) electrons. The van der Waals surface area contributed by atoms with Gasteiger partial charge in [0.2, 0.25) is 11.8 Å². The van der Waals surface area contributed by atoms with E-state index in [1.54, 1.807) is 17.7 Å². The molecule has 37 heavy (non-hydrogen) atoms. The van der Waals surface area contributed by atoms with Crippen molar-refractivity contribution in [2.24, 2.45) is 0 Å². The van der Waals surface area contributed by atoms with E-state index >= 15 is 0 Å². The van der Waals surface area contributed by atoms with Crippen LogP contribution in [0.3, 0.4) is 0 Å². The van der Waals surface area contributed by atoms with Crippen molar-refractivity contribution in [3.8, 4) is 34.5 Å². The standard InChI is InChI=1S/C26H19F4N3O4/c1-35-18-4-5-19-16(11-18)8-9-33-21(19)12-24(32-25(33)34)36-14-15-2-6-22(20(27)10-15)37-23-7-3-17(13-31-23)26(28,29)30/h2-7,10-13H,8-9,14H2,1H3. The van der Waals surface area contributed by atoms with Gasteiger partial charge in [0.25, 0.3) is 0 Å². The SMILES string of the molecule is COc1ccc2c(c1)CCn1c-2cc(OCc2ccc(Oc3ccc(C(F)(F)F)cn3)c(F)c2)nc1=O. The fraction of sp³-hybridized carbons (Fsp3) is 0.192. The number of aromatic nitrogens is 3. The second kappa shape index (κ2) is 9.57. The zero-order chi connectivity index (χ0) is 26.2. The molecule has 3 heterocycles. The van der Waals surface area contributed by atoms with E-state index in [-0.39, 0.29) is 24.1 Å². The molecule has 0 saturated carbocycles. The van der Waals surface area contributed by atoms with Gasteiger partial charge < -0.3 is 14.2 Å². The normalized spacial score (nSPS) is 12.5. The van der Waals surface area contributed by atoms with Crippen molar-refractivity contribution in [2.45, 2.75) is 25.7 Å². The Morgan fingerprint density at radius 1 is 1.03 bits per heavy atom. The summed E-state index contributed by atoms with van der Waals surface area (Å²) in [4.78, 5) is 20.1. The second-order valence-corrected chi connectivity index (χ2v) is 8.23. The molecule has 0 bridgehead atoms. The van der Waals surface area contributed by atoms with Gasteiger partial charge >= 0.3 is 11.9 Å². The number of aryl methyl sites for hydroxylation is 1. The van der Waals surface area contributed by atoms with Gasteiger partial charge in [-0.1, -0.05) is 6.07 Å². The number of methoxy groups -OCH3 is 1. The molecule has 0 amide bonds. The number of hydrogen-bond acceptors (Lipinski definition) is 6. The molecule has 7 nitrogen and oxygen atoms in total. The third kappa shape index (κ3) is 5.11. The van der Waals surface area contributed by atoms with E-state index in [0.29, 0.717) is 30.4 Å². The number of ether oxygens (including phenoxy) is 3. The predicted molar refractivity (Wildman–Crippen MR) is 124 cm³/mol. The van der Waals surface area contributed by atoms with E-state index in [9.17, 15) is 22.4 Å². The number of rotatable bonds is 6. The van der Waals surface area contributed by atoms with Crippen molar-refractivity contribution in [3.63, 3.8) is 0 Å². The fourth-order valence-corrected chi connectivity index (χ4v) is 3.98. The first-order valence-corrected chi connectivity index (χ1v) is 11.1. The van der Waals surface area contributed by atoms with Gasteiger partial charge in [0.05, 0.1) is 18.4 Å². The minimum atomic E-state index is -4.53. The monoisotopic (exact) mass is 513 g/mol. The van der Waals surface area contributed by atoms with E-state index in [4.69, 9.17) is 14.2 Å². The van der Waals surface area contributed by atoms with Gasteiger partial charge in [-0.15, -0.1) is 0 Å². The van der Waals surface area contributed by atoms with Crippen LogP contribution in [0, 0.1) is 5.82 Å². The summed E-state index contributed by atoms with van der Waals surface area (Å²) in [5, 5.41) is 0. The summed E-state index contributed by atoms with van der Waals surface area (Å²) in [5.41, 5.74) is 1.61. The molecule has 1 aliphatic rings. The highest BCUT2D eigenvalue weighted by Gasteiger charge is 2.30. The topological polar surface area (TPSA) is 75.5 Å². The number of pyridine rings is 1. The van der Waals surface area contributed by atoms with Crippen LogP contribution >= 0.6 is 0 Å². The molecule has 190 valence electrons. The lowest BCUT2D eigenvalue weighted by Crippen LogP contribution is -2.28. The Morgan fingerprint density at radius 2 is 1.86 bits per heavy atom. The Hall–Kier alpha value is -4.41. The van der Waals surface area contributed by atoms with Gasteiger partial charge in [0.15, 0.2) is 11.6 Å². The molecule has 0 atom stereocenters. The zero-order valence-electron chi connectivity index (χ0n) is 19.4. The van der Waals surface area contributed by atoms with Gasteiger partial charge in [-0.25, -0.2) is 14.2 Å². The molecule has 0 saturated heterocycles. The first kappa shape index (κ1) is 24.3. The Balaban J connectivity index is 1.30. The van der Waals surface area contributed by atoms with E-state index in [2.05, 4.69) is 9.97 Å². The van der Waals surface area contributed by atoms with E-state index in [1.165, 1.54) is 12.1 Å². The van der Waals surface area contributed by atoms with Crippen molar-refractivity contribution in [1.29, 1.82) is 0 Å². The third-order valence-electron chi connectivity index (χ3n) is 5.84. The Kier molecular flexibility index (Phi) is 6.28. The van der Waals surface area contributed by atoms with Gasteiger partial charge in [-0.2, -0.15) is 18.2 Å². The van der Waals surface area contributed by atoms with Crippen molar-refractivity contribution in [2.75, 3.05) is 7.11 Å². The molecule has 4 aromatic rings. The van der Waals surface area contributed by atoms with Gasteiger partial charge in [0.1, 0.15) is 12.4 Å². The summed E-state index contributed by atoms with van der Waals surface area (Å²) >= 11 is 0. The molecule has 0 fully saturated rings. The van der Waals surface area contributed by atoms with Crippen molar-refractivity contribution in [1.82, 2.24) is 14.5 Å². The average Bonchev–Trinajstić information content (AvgIpc) is 2.88. The van der Waals surface area contributed by atoms with E-state index < -0.39 is 23.2 Å². The molecule has 1 aliphatic heterocycles. The van der Waals surface area contributed by atoms with Gasteiger partial charge in [-0.05, 0) is 53.9 Å². The quantitative estimate of drug-likeness (QED) is 0.322. The Morgan fingerprint density at radius 3 is 2.57 bits per heavy atom. The van der Waals surface area contributed by atoms with Crippen LogP contribution in [0.4, 0.5) is 17.6 Å². The number of alkyl halides is 3. The maximum atomic E-state index is 14.6. The summed E-state index contributed by atoms with van der Waals surface area (Å²) in [6, 6.07) is 13.1. The number of nitrogens with zero attached hydrogens (tertiary/aromatic N) is 3. The van der Waals surface area contributed by atoms with E-state index in [0.717, 1.165) is 35.1 Å². The summed E-state index contributed by atoms with van der Waals surface area (Å²) in [5.74, 6) is -0.344. The molecule has 0 spiro atoms. The van der Waals surface area contributed by atoms with Crippen LogP contribution in [0.5, 0.6) is 23.3 Å². The summed E-state index contributed by atoms with van der Waals surface area (Å²) in [6.45, 7) is 0.392. The summed E-state index contributed by atoms with van der Waals surface area (Å²) in [6.07, 6.45) is -3.26. The van der Waals surface area contributed by atoms with Crippen LogP contribution in [-0.4, -0.2) is 21.6 Å². The molecule has 0 unspecified atom stereocenters. The molecule has 0 aliphatic carbocycles. The minimum Gasteiger partial charge on any atom is -0.497 e. The fourth-order valence-electron chi connectivity index (χ4n) is 3.98. The maximum Gasteiger partial charge on any atom is 0.417 e. The minimum absolute atomic E-state index is 0.0822. The molecular weight excluding hydrogens is 494 g/mol. The van der Waals surface area contributed by atoms with Crippen LogP contribution < -0.4 is 19.9 Å². The Labute approximate surface area is 207 Å². The number of hydrogen-bond donors (Lipinski definition) is 0.